The van der Waals surface area contributed by atoms with E-state index in [9.17, 15) is 10.1 Å². The Morgan fingerprint density at radius 3 is 2.81 bits per heavy atom. The third kappa shape index (κ3) is 4.61. The maximum absolute atomic E-state index is 15.4. The lowest BCUT2D eigenvalue weighted by molar-refractivity contribution is -0.127. The molecule has 1 amide bonds. The minimum absolute atomic E-state index is 0.119. The lowest BCUT2D eigenvalue weighted by atomic mass is 10.1. The van der Waals surface area contributed by atoms with Gasteiger partial charge in [-0.05, 0) is 44.0 Å². The molecular formula is C28H25FN6O2. The largest absolute Gasteiger partial charge is 0.457 e. The van der Waals surface area contributed by atoms with Gasteiger partial charge in [0.1, 0.15) is 51.8 Å². The third-order valence-corrected chi connectivity index (χ3v) is 6.53. The van der Waals surface area contributed by atoms with Gasteiger partial charge in [-0.25, -0.2) is 14.4 Å². The molecular weight excluding hydrogens is 471 g/mol. The number of nitriles is 1. The van der Waals surface area contributed by atoms with Gasteiger partial charge in [0.05, 0.1) is 0 Å². The number of para-hydroxylation sites is 1. The number of likely N-dealkylation sites (tertiary alicyclic amines) is 1. The molecule has 0 saturated carbocycles. The molecule has 186 valence electrons. The van der Waals surface area contributed by atoms with Crippen molar-refractivity contribution in [2.75, 3.05) is 12.3 Å². The standard InChI is InChI=1S/C28H25FN6O2/c1-2-18(17-30)28(36)34-13-6-7-19(34)15-24-33-25(26-27(31)32-12-14-35(24)26)22-11-10-21(16-23(22)29)37-20-8-4-3-5-9-20/h2-5,8-12,14,16,19H,6-7,13,15H2,1H3,(H2,31,32)/b18-2+/t19-/m0/s1. The van der Waals surface area contributed by atoms with E-state index in [1.165, 1.54) is 12.1 Å². The Morgan fingerprint density at radius 1 is 1.27 bits per heavy atom. The minimum atomic E-state index is -0.507. The molecule has 1 aliphatic heterocycles. The number of imidazole rings is 1. The van der Waals surface area contributed by atoms with Crippen LogP contribution in [0.4, 0.5) is 10.2 Å². The molecule has 1 atom stereocenters. The van der Waals surface area contributed by atoms with Crippen LogP contribution in [0.1, 0.15) is 25.6 Å². The second-order valence-electron chi connectivity index (χ2n) is 8.78. The number of anilines is 1. The highest BCUT2D eigenvalue weighted by Gasteiger charge is 2.32. The summed E-state index contributed by atoms with van der Waals surface area (Å²) in [6.45, 7) is 2.25. The molecule has 3 heterocycles. The van der Waals surface area contributed by atoms with Gasteiger partial charge in [-0.1, -0.05) is 24.3 Å². The molecule has 8 nitrogen and oxygen atoms in total. The number of aromatic nitrogens is 3. The van der Waals surface area contributed by atoms with Crippen molar-refractivity contribution in [3.8, 4) is 28.8 Å². The summed E-state index contributed by atoms with van der Waals surface area (Å²) >= 11 is 0. The number of nitrogen functional groups attached to an aromatic ring is 1. The molecule has 5 rings (SSSR count). The Balaban J connectivity index is 1.50. The second kappa shape index (κ2) is 10.1. The fourth-order valence-electron chi connectivity index (χ4n) is 4.75. The summed E-state index contributed by atoms with van der Waals surface area (Å²) in [7, 11) is 0. The molecule has 4 aromatic rings. The van der Waals surface area contributed by atoms with E-state index in [0.717, 1.165) is 12.8 Å². The van der Waals surface area contributed by atoms with Gasteiger partial charge in [-0.3, -0.25) is 9.20 Å². The number of allylic oxidation sites excluding steroid dienone is 1. The SMILES string of the molecule is C/C=C(\C#N)C(=O)N1CCC[C@H]1Cc1nc(-c2ccc(Oc3ccccc3)cc2F)c2c(N)nccn12. The van der Waals surface area contributed by atoms with Crippen molar-refractivity contribution in [3.05, 3.63) is 84.2 Å². The number of amides is 1. The zero-order chi connectivity index (χ0) is 25.9. The summed E-state index contributed by atoms with van der Waals surface area (Å²) in [6, 6.07) is 15.6. The maximum Gasteiger partial charge on any atom is 0.264 e. The number of hydrogen-bond donors (Lipinski definition) is 1. The Labute approximate surface area is 213 Å². The smallest absolute Gasteiger partial charge is 0.264 e. The fourth-order valence-corrected chi connectivity index (χ4v) is 4.75. The molecule has 37 heavy (non-hydrogen) atoms. The third-order valence-electron chi connectivity index (χ3n) is 6.53. The average Bonchev–Trinajstić information content (AvgIpc) is 3.51. The summed E-state index contributed by atoms with van der Waals surface area (Å²) in [4.78, 5) is 23.6. The molecule has 0 spiro atoms. The Morgan fingerprint density at radius 2 is 2.08 bits per heavy atom. The molecule has 9 heteroatoms. The van der Waals surface area contributed by atoms with Crippen LogP contribution in [0.2, 0.25) is 0 Å². The van der Waals surface area contributed by atoms with Crippen molar-refractivity contribution in [1.29, 1.82) is 5.26 Å². The number of nitrogens with two attached hydrogens (primary N) is 1. The monoisotopic (exact) mass is 496 g/mol. The van der Waals surface area contributed by atoms with E-state index >= 15 is 4.39 Å². The number of benzene rings is 2. The molecule has 2 aromatic carbocycles. The summed E-state index contributed by atoms with van der Waals surface area (Å²) in [5, 5.41) is 9.31. The molecule has 1 fully saturated rings. The summed E-state index contributed by atoms with van der Waals surface area (Å²) in [5.74, 6) is 1.03. The highest BCUT2D eigenvalue weighted by atomic mass is 19.1. The number of carbonyl (C=O) groups is 1. The number of nitrogens with zero attached hydrogens (tertiary/aromatic N) is 5. The van der Waals surface area contributed by atoms with Crippen LogP contribution in [0.5, 0.6) is 11.5 Å². The summed E-state index contributed by atoms with van der Waals surface area (Å²) in [5.41, 5.74) is 7.47. The molecule has 0 radical (unpaired) electrons. The normalized spacial score (nSPS) is 15.6. The topological polar surface area (TPSA) is 110 Å². The molecule has 2 aromatic heterocycles. The lowest BCUT2D eigenvalue weighted by Gasteiger charge is -2.24. The Kier molecular flexibility index (Phi) is 6.56. The zero-order valence-corrected chi connectivity index (χ0v) is 20.3. The summed E-state index contributed by atoms with van der Waals surface area (Å²) in [6.07, 6.45) is 6.86. The first-order chi connectivity index (χ1) is 18.0. The number of rotatable bonds is 6. The van der Waals surface area contributed by atoms with Crippen LogP contribution in [0, 0.1) is 17.1 Å². The van der Waals surface area contributed by atoms with Crippen LogP contribution < -0.4 is 10.5 Å². The van der Waals surface area contributed by atoms with Crippen molar-refractivity contribution >= 4 is 17.2 Å². The van der Waals surface area contributed by atoms with Gasteiger partial charge < -0.3 is 15.4 Å². The molecule has 2 N–H and O–H groups in total. The number of halogens is 1. The van der Waals surface area contributed by atoms with Crippen molar-refractivity contribution in [2.24, 2.45) is 0 Å². The first-order valence-electron chi connectivity index (χ1n) is 12.0. The van der Waals surface area contributed by atoms with Crippen molar-refractivity contribution < 1.29 is 13.9 Å². The van der Waals surface area contributed by atoms with E-state index in [1.807, 2.05) is 24.3 Å². The predicted octanol–water partition coefficient (Wildman–Crippen LogP) is 4.91. The van der Waals surface area contributed by atoms with Gasteiger partial charge in [0, 0.05) is 43.0 Å². The average molecular weight is 497 g/mol. The Bertz CT molecular complexity index is 1540. The maximum atomic E-state index is 15.4. The van der Waals surface area contributed by atoms with Crippen molar-refractivity contribution in [1.82, 2.24) is 19.3 Å². The van der Waals surface area contributed by atoms with Crippen LogP contribution in [-0.4, -0.2) is 37.8 Å². The van der Waals surface area contributed by atoms with E-state index in [4.69, 9.17) is 15.5 Å². The van der Waals surface area contributed by atoms with E-state index in [2.05, 4.69) is 4.98 Å². The zero-order valence-electron chi connectivity index (χ0n) is 20.3. The molecule has 0 unspecified atom stereocenters. The van der Waals surface area contributed by atoms with E-state index in [1.54, 1.807) is 52.9 Å². The molecule has 1 aliphatic rings. The van der Waals surface area contributed by atoms with Crippen LogP contribution in [0.25, 0.3) is 16.8 Å². The van der Waals surface area contributed by atoms with Gasteiger partial charge in [-0.15, -0.1) is 0 Å². The van der Waals surface area contributed by atoms with E-state index in [-0.39, 0.29) is 28.9 Å². The number of ether oxygens (including phenoxy) is 1. The highest BCUT2D eigenvalue weighted by molar-refractivity contribution is 5.97. The predicted molar refractivity (Wildman–Crippen MR) is 137 cm³/mol. The number of fused-ring (bicyclic) bond motifs is 1. The molecule has 0 aliphatic carbocycles. The van der Waals surface area contributed by atoms with Gasteiger partial charge >= 0.3 is 0 Å². The van der Waals surface area contributed by atoms with Crippen LogP contribution in [0.3, 0.4) is 0 Å². The van der Waals surface area contributed by atoms with Gasteiger partial charge in [0.25, 0.3) is 5.91 Å². The second-order valence-corrected chi connectivity index (χ2v) is 8.78. The molecule has 0 bridgehead atoms. The Hall–Kier alpha value is -4.71. The first kappa shape index (κ1) is 24.0. The lowest BCUT2D eigenvalue weighted by Crippen LogP contribution is -2.37. The van der Waals surface area contributed by atoms with Gasteiger partial charge in [0.2, 0.25) is 0 Å². The van der Waals surface area contributed by atoms with Crippen molar-refractivity contribution in [2.45, 2.75) is 32.2 Å². The molecule has 1 saturated heterocycles. The van der Waals surface area contributed by atoms with Gasteiger partial charge in [-0.2, -0.15) is 5.26 Å². The number of hydrogen-bond acceptors (Lipinski definition) is 6. The van der Waals surface area contributed by atoms with Crippen LogP contribution >= 0.6 is 0 Å². The number of carbonyl (C=O) groups excluding carboxylic acids is 1. The quantitative estimate of drug-likeness (QED) is 0.300. The first-order valence-corrected chi connectivity index (χ1v) is 12.0. The van der Waals surface area contributed by atoms with Crippen LogP contribution in [0.15, 0.2) is 72.6 Å². The van der Waals surface area contributed by atoms with Gasteiger partial charge in [0.15, 0.2) is 0 Å². The highest BCUT2D eigenvalue weighted by Crippen LogP contribution is 2.34. The van der Waals surface area contributed by atoms with Crippen LogP contribution in [-0.2, 0) is 11.2 Å². The van der Waals surface area contributed by atoms with E-state index < -0.39 is 5.82 Å². The summed E-state index contributed by atoms with van der Waals surface area (Å²) < 4.78 is 22.9. The minimum Gasteiger partial charge on any atom is -0.457 e. The van der Waals surface area contributed by atoms with Crippen molar-refractivity contribution in [3.63, 3.8) is 0 Å². The fraction of sp³-hybridized carbons (Fsp3) is 0.214. The van der Waals surface area contributed by atoms with E-state index in [0.29, 0.717) is 41.5 Å².